The van der Waals surface area contributed by atoms with E-state index in [1.807, 2.05) is 0 Å². The van der Waals surface area contributed by atoms with Gasteiger partial charge < -0.3 is 5.11 Å². The van der Waals surface area contributed by atoms with Crippen molar-refractivity contribution in [2.45, 2.75) is 6.42 Å². The van der Waals surface area contributed by atoms with Gasteiger partial charge in [-0.05, 0) is 11.6 Å². The predicted molar refractivity (Wildman–Crippen MR) is 55.9 cm³/mol. The molecule has 0 saturated heterocycles. The fraction of sp³-hybridized carbons (Fsp3) is 0.200. The summed E-state index contributed by atoms with van der Waals surface area (Å²) >= 11 is 3.06. The first-order valence-corrected chi connectivity index (χ1v) is 5.15. The third-order valence-corrected chi connectivity index (χ3v) is 2.23. The summed E-state index contributed by atoms with van der Waals surface area (Å²) in [5.41, 5.74) is 1.19. The molecule has 0 spiro atoms. The zero-order valence-electron chi connectivity index (χ0n) is 7.37. The predicted octanol–water partition coefficient (Wildman–Crippen LogP) is 1.89. The van der Waals surface area contributed by atoms with E-state index in [1.54, 1.807) is 24.3 Å². The fourth-order valence-corrected chi connectivity index (χ4v) is 1.43. The van der Waals surface area contributed by atoms with Gasteiger partial charge in [0.05, 0.1) is 11.8 Å². The van der Waals surface area contributed by atoms with Crippen molar-refractivity contribution >= 4 is 27.7 Å². The second-order valence-electron chi connectivity index (χ2n) is 2.83. The summed E-state index contributed by atoms with van der Waals surface area (Å²) in [7, 11) is 0. The summed E-state index contributed by atoms with van der Waals surface area (Å²) in [6, 6.07) is 6.67. The second-order valence-corrected chi connectivity index (χ2v) is 3.39. The van der Waals surface area contributed by atoms with Gasteiger partial charge in [0, 0.05) is 5.56 Å². The normalized spacial score (nSPS) is 9.79. The Kier molecular flexibility index (Phi) is 3.83. The SMILES string of the molecule is O=C(O)Cc1cccc(C(=O)CBr)c1. The molecule has 0 aliphatic carbocycles. The molecule has 14 heavy (non-hydrogen) atoms. The highest BCUT2D eigenvalue weighted by Crippen LogP contribution is 2.08. The Morgan fingerprint density at radius 1 is 1.36 bits per heavy atom. The number of carboxylic acids is 1. The Balaban J connectivity index is 2.89. The molecule has 0 fully saturated rings. The lowest BCUT2D eigenvalue weighted by Crippen LogP contribution is -2.04. The first-order chi connectivity index (χ1) is 6.63. The topological polar surface area (TPSA) is 54.4 Å². The Morgan fingerprint density at radius 3 is 2.64 bits per heavy atom. The smallest absolute Gasteiger partial charge is 0.307 e. The van der Waals surface area contributed by atoms with Gasteiger partial charge in [0.1, 0.15) is 0 Å². The van der Waals surface area contributed by atoms with Crippen LogP contribution in [-0.4, -0.2) is 22.2 Å². The maximum absolute atomic E-state index is 11.3. The van der Waals surface area contributed by atoms with Crippen LogP contribution in [0.3, 0.4) is 0 Å². The maximum atomic E-state index is 11.3. The van der Waals surface area contributed by atoms with E-state index in [2.05, 4.69) is 15.9 Å². The van der Waals surface area contributed by atoms with Gasteiger partial charge in [0.25, 0.3) is 0 Å². The third kappa shape index (κ3) is 2.96. The number of ketones is 1. The number of hydrogen-bond donors (Lipinski definition) is 1. The van der Waals surface area contributed by atoms with Crippen molar-refractivity contribution in [2.75, 3.05) is 5.33 Å². The van der Waals surface area contributed by atoms with Crippen LogP contribution in [0.4, 0.5) is 0 Å². The standard InChI is InChI=1S/C10H9BrO3/c11-6-9(12)8-3-1-2-7(4-8)5-10(13)14/h1-4H,5-6H2,(H,13,14). The van der Waals surface area contributed by atoms with E-state index in [-0.39, 0.29) is 17.5 Å². The van der Waals surface area contributed by atoms with Crippen LogP contribution in [-0.2, 0) is 11.2 Å². The molecule has 74 valence electrons. The summed E-state index contributed by atoms with van der Waals surface area (Å²) in [6.07, 6.45) is -0.0522. The van der Waals surface area contributed by atoms with Crippen LogP contribution in [0.25, 0.3) is 0 Å². The summed E-state index contributed by atoms with van der Waals surface area (Å²) in [6.45, 7) is 0. The molecule has 4 heteroatoms. The highest BCUT2D eigenvalue weighted by Gasteiger charge is 2.06. The number of aliphatic carboxylic acids is 1. The minimum atomic E-state index is -0.895. The third-order valence-electron chi connectivity index (χ3n) is 1.73. The molecule has 0 aliphatic heterocycles. The average Bonchev–Trinajstić information content (AvgIpc) is 2.16. The van der Waals surface area contributed by atoms with Gasteiger partial charge in [-0.3, -0.25) is 9.59 Å². The van der Waals surface area contributed by atoms with E-state index in [4.69, 9.17) is 5.11 Å². The van der Waals surface area contributed by atoms with Crippen LogP contribution < -0.4 is 0 Å². The molecule has 1 N–H and O–H groups in total. The van der Waals surface area contributed by atoms with Gasteiger partial charge in [-0.1, -0.05) is 34.1 Å². The van der Waals surface area contributed by atoms with E-state index in [0.29, 0.717) is 11.1 Å². The van der Waals surface area contributed by atoms with Gasteiger partial charge >= 0.3 is 5.97 Å². The maximum Gasteiger partial charge on any atom is 0.307 e. The lowest BCUT2D eigenvalue weighted by Gasteiger charge is -2.00. The molecule has 1 rings (SSSR count). The van der Waals surface area contributed by atoms with Crippen molar-refractivity contribution in [1.29, 1.82) is 0 Å². The molecule has 0 radical (unpaired) electrons. The molecule has 0 bridgehead atoms. The highest BCUT2D eigenvalue weighted by atomic mass is 79.9. The van der Waals surface area contributed by atoms with E-state index >= 15 is 0 Å². The minimum Gasteiger partial charge on any atom is -0.481 e. The number of halogens is 1. The molecule has 1 aromatic carbocycles. The molecular weight excluding hydrogens is 248 g/mol. The first kappa shape index (κ1) is 10.9. The van der Waals surface area contributed by atoms with Crippen LogP contribution in [0.2, 0.25) is 0 Å². The number of hydrogen-bond acceptors (Lipinski definition) is 2. The van der Waals surface area contributed by atoms with Crippen molar-refractivity contribution in [2.24, 2.45) is 0 Å². The summed E-state index contributed by atoms with van der Waals surface area (Å²) < 4.78 is 0. The molecule has 1 aromatic rings. The minimum absolute atomic E-state index is 0.0442. The summed E-state index contributed by atoms with van der Waals surface area (Å²) in [4.78, 5) is 21.7. The zero-order chi connectivity index (χ0) is 10.6. The monoisotopic (exact) mass is 256 g/mol. The lowest BCUT2D eigenvalue weighted by molar-refractivity contribution is -0.136. The molecule has 0 aromatic heterocycles. The van der Waals surface area contributed by atoms with Crippen LogP contribution in [0.5, 0.6) is 0 Å². The number of carbonyl (C=O) groups is 2. The first-order valence-electron chi connectivity index (χ1n) is 4.03. The van der Waals surface area contributed by atoms with Crippen molar-refractivity contribution in [1.82, 2.24) is 0 Å². The molecule has 0 aliphatic rings. The van der Waals surface area contributed by atoms with Crippen LogP contribution in [0.1, 0.15) is 15.9 Å². The van der Waals surface area contributed by atoms with E-state index in [0.717, 1.165) is 0 Å². The number of carbonyl (C=O) groups excluding carboxylic acids is 1. The molecule has 0 saturated carbocycles. The molecule has 0 amide bonds. The zero-order valence-corrected chi connectivity index (χ0v) is 8.95. The second kappa shape index (κ2) is 4.91. The van der Waals surface area contributed by atoms with Gasteiger partial charge in [0.15, 0.2) is 5.78 Å². The van der Waals surface area contributed by atoms with E-state index in [1.165, 1.54) is 0 Å². The fourth-order valence-electron chi connectivity index (χ4n) is 1.11. The van der Waals surface area contributed by atoms with Crippen molar-refractivity contribution in [3.05, 3.63) is 35.4 Å². The van der Waals surface area contributed by atoms with Gasteiger partial charge in [0.2, 0.25) is 0 Å². The number of rotatable bonds is 4. The molecule has 0 unspecified atom stereocenters. The Morgan fingerprint density at radius 2 is 2.07 bits per heavy atom. The number of alkyl halides is 1. The van der Waals surface area contributed by atoms with E-state index in [9.17, 15) is 9.59 Å². The van der Waals surface area contributed by atoms with Crippen molar-refractivity contribution in [3.63, 3.8) is 0 Å². The Hall–Kier alpha value is -1.16. The Bertz CT molecular complexity index is 360. The van der Waals surface area contributed by atoms with E-state index < -0.39 is 5.97 Å². The number of Topliss-reactive ketones (excluding diaryl/α,β-unsaturated/α-hetero) is 1. The molecule has 0 atom stereocenters. The summed E-state index contributed by atoms with van der Waals surface area (Å²) in [5.74, 6) is -0.939. The summed E-state index contributed by atoms with van der Waals surface area (Å²) in [5, 5.41) is 8.81. The average molecular weight is 257 g/mol. The number of benzene rings is 1. The quantitative estimate of drug-likeness (QED) is 0.662. The van der Waals surface area contributed by atoms with Crippen LogP contribution in [0, 0.1) is 0 Å². The largest absolute Gasteiger partial charge is 0.481 e. The molecule has 0 heterocycles. The van der Waals surface area contributed by atoms with Crippen LogP contribution in [0.15, 0.2) is 24.3 Å². The lowest BCUT2D eigenvalue weighted by atomic mass is 10.1. The van der Waals surface area contributed by atoms with Gasteiger partial charge in [-0.15, -0.1) is 0 Å². The Labute approximate surface area is 89.9 Å². The highest BCUT2D eigenvalue weighted by molar-refractivity contribution is 9.09. The molecular formula is C10H9BrO3. The van der Waals surface area contributed by atoms with Gasteiger partial charge in [-0.2, -0.15) is 0 Å². The van der Waals surface area contributed by atoms with Crippen molar-refractivity contribution < 1.29 is 14.7 Å². The molecule has 3 nitrogen and oxygen atoms in total. The van der Waals surface area contributed by atoms with Crippen LogP contribution >= 0.6 is 15.9 Å². The number of carboxylic acid groups (broad SMARTS) is 1. The van der Waals surface area contributed by atoms with Crippen molar-refractivity contribution in [3.8, 4) is 0 Å². The van der Waals surface area contributed by atoms with Gasteiger partial charge in [-0.25, -0.2) is 0 Å².